The van der Waals surface area contributed by atoms with E-state index in [1.165, 1.54) is 0 Å². The van der Waals surface area contributed by atoms with E-state index in [1.807, 2.05) is 13.8 Å². The number of rotatable bonds is 4. The predicted octanol–water partition coefficient (Wildman–Crippen LogP) is 1.24. The third-order valence-electron chi connectivity index (χ3n) is 6.52. The Bertz CT molecular complexity index is 531. The average molecular weight is 342 g/mol. The molecule has 0 unspecified atom stereocenters. The first kappa shape index (κ1) is 17.6. The summed E-state index contributed by atoms with van der Waals surface area (Å²) in [5.41, 5.74) is -1.61. The number of carboxylic acids is 1. The summed E-state index contributed by atoms with van der Waals surface area (Å²) < 4.78 is 22.3. The number of carboxylic acid groups (broad SMARTS) is 1. The van der Waals surface area contributed by atoms with Crippen LogP contribution < -0.4 is 0 Å². The van der Waals surface area contributed by atoms with Crippen LogP contribution in [0.4, 0.5) is 0 Å². The maximum atomic E-state index is 12.7. The zero-order valence-corrected chi connectivity index (χ0v) is 14.6. The van der Waals surface area contributed by atoms with Crippen LogP contribution >= 0.6 is 0 Å². The fourth-order valence-corrected chi connectivity index (χ4v) is 4.26. The summed E-state index contributed by atoms with van der Waals surface area (Å²) in [6, 6.07) is 0. The van der Waals surface area contributed by atoms with Crippen molar-refractivity contribution in [3.8, 4) is 0 Å². The lowest BCUT2D eigenvalue weighted by molar-refractivity contribution is -0.166. The molecule has 3 fully saturated rings. The van der Waals surface area contributed by atoms with Gasteiger partial charge in [-0.05, 0) is 25.2 Å². The number of carbonyl (C=O) groups excluding carboxylic acids is 1. The minimum atomic E-state index is -0.934. The molecule has 7 heteroatoms. The van der Waals surface area contributed by atoms with E-state index >= 15 is 0 Å². The number of fused-ring (bicyclic) bond motifs is 1. The van der Waals surface area contributed by atoms with E-state index in [4.69, 9.17) is 18.9 Å². The molecule has 2 saturated heterocycles. The number of carbonyl (C=O) groups is 2. The smallest absolute Gasteiger partial charge is 0.309 e. The van der Waals surface area contributed by atoms with Crippen molar-refractivity contribution in [1.82, 2.24) is 0 Å². The summed E-state index contributed by atoms with van der Waals surface area (Å²) in [6.07, 6.45) is -0.155. The van der Waals surface area contributed by atoms with Crippen molar-refractivity contribution in [2.45, 2.75) is 58.0 Å². The fraction of sp³-hybridized carbons (Fsp3) is 0.882. The maximum Gasteiger partial charge on any atom is 0.309 e. The van der Waals surface area contributed by atoms with E-state index < -0.39 is 28.8 Å². The van der Waals surface area contributed by atoms with Crippen LogP contribution in [0.2, 0.25) is 0 Å². The first-order valence-electron chi connectivity index (χ1n) is 8.42. The summed E-state index contributed by atoms with van der Waals surface area (Å²) in [4.78, 5) is 24.4. The number of hydrogen-bond donors (Lipinski definition) is 1. The van der Waals surface area contributed by atoms with Crippen LogP contribution in [-0.2, 0) is 28.5 Å². The van der Waals surface area contributed by atoms with Gasteiger partial charge in [0, 0.05) is 7.11 Å². The second kappa shape index (κ2) is 5.97. The van der Waals surface area contributed by atoms with Gasteiger partial charge in [0.15, 0.2) is 6.10 Å². The SMILES string of the molecule is CO[C@H]1CO[C@H]2[C@@H]1OC[C@H]2OC(=O)[C@H]1CC[C@@](C)(C(=O)O)C1(C)C. The van der Waals surface area contributed by atoms with Crippen LogP contribution in [0, 0.1) is 16.7 Å². The minimum absolute atomic E-state index is 0.142. The van der Waals surface area contributed by atoms with Crippen molar-refractivity contribution in [1.29, 1.82) is 0 Å². The van der Waals surface area contributed by atoms with Gasteiger partial charge >= 0.3 is 11.9 Å². The summed E-state index contributed by atoms with van der Waals surface area (Å²) in [7, 11) is 1.60. The van der Waals surface area contributed by atoms with E-state index in [0.717, 1.165) is 0 Å². The molecule has 3 rings (SSSR count). The highest BCUT2D eigenvalue weighted by Gasteiger charge is 2.59. The minimum Gasteiger partial charge on any atom is -0.481 e. The van der Waals surface area contributed by atoms with Crippen molar-refractivity contribution < 1.29 is 33.6 Å². The number of ether oxygens (including phenoxy) is 4. The topological polar surface area (TPSA) is 91.3 Å². The van der Waals surface area contributed by atoms with Crippen molar-refractivity contribution >= 4 is 11.9 Å². The molecular weight excluding hydrogens is 316 g/mol. The maximum absolute atomic E-state index is 12.7. The lowest BCUT2D eigenvalue weighted by Gasteiger charge is -2.37. The van der Waals surface area contributed by atoms with Crippen molar-refractivity contribution in [2.24, 2.45) is 16.7 Å². The van der Waals surface area contributed by atoms with Gasteiger partial charge in [0.05, 0.1) is 24.5 Å². The quantitative estimate of drug-likeness (QED) is 0.769. The lowest BCUT2D eigenvalue weighted by Crippen LogP contribution is -2.44. The monoisotopic (exact) mass is 342 g/mol. The Balaban J connectivity index is 1.67. The van der Waals surface area contributed by atoms with Gasteiger partial charge in [-0.2, -0.15) is 0 Å². The van der Waals surface area contributed by atoms with Crippen LogP contribution in [0.3, 0.4) is 0 Å². The van der Waals surface area contributed by atoms with Crippen molar-refractivity contribution in [3.05, 3.63) is 0 Å². The molecule has 7 nitrogen and oxygen atoms in total. The number of methoxy groups -OCH3 is 1. The zero-order valence-electron chi connectivity index (χ0n) is 14.6. The van der Waals surface area contributed by atoms with Crippen LogP contribution in [0.15, 0.2) is 0 Å². The Morgan fingerprint density at radius 1 is 1.08 bits per heavy atom. The molecule has 1 aliphatic carbocycles. The molecule has 0 aromatic carbocycles. The Morgan fingerprint density at radius 2 is 1.67 bits per heavy atom. The highest BCUT2D eigenvalue weighted by molar-refractivity contribution is 5.81. The molecule has 136 valence electrons. The Kier molecular flexibility index (Phi) is 4.38. The molecule has 0 aromatic heterocycles. The third-order valence-corrected chi connectivity index (χ3v) is 6.52. The van der Waals surface area contributed by atoms with Gasteiger partial charge in [0.2, 0.25) is 0 Å². The van der Waals surface area contributed by atoms with E-state index in [1.54, 1.807) is 14.0 Å². The Labute approximate surface area is 141 Å². The number of esters is 1. The van der Waals surface area contributed by atoms with Gasteiger partial charge in [0.1, 0.15) is 18.3 Å². The molecule has 0 amide bonds. The highest BCUT2D eigenvalue weighted by Crippen LogP contribution is 2.56. The largest absolute Gasteiger partial charge is 0.481 e. The van der Waals surface area contributed by atoms with Gasteiger partial charge in [-0.15, -0.1) is 0 Å². The summed E-state index contributed by atoms with van der Waals surface area (Å²) in [5, 5.41) is 9.57. The van der Waals surface area contributed by atoms with Gasteiger partial charge in [-0.3, -0.25) is 9.59 Å². The van der Waals surface area contributed by atoms with E-state index in [-0.39, 0.29) is 30.9 Å². The highest BCUT2D eigenvalue weighted by atomic mass is 16.7. The molecule has 0 aromatic rings. The number of hydrogen-bond acceptors (Lipinski definition) is 6. The first-order valence-corrected chi connectivity index (χ1v) is 8.42. The molecule has 3 aliphatic rings. The second-order valence-electron chi connectivity index (χ2n) is 7.80. The molecular formula is C17H26O7. The van der Waals surface area contributed by atoms with Gasteiger partial charge < -0.3 is 24.1 Å². The van der Waals surface area contributed by atoms with E-state index in [9.17, 15) is 14.7 Å². The van der Waals surface area contributed by atoms with Gasteiger partial charge in [0.25, 0.3) is 0 Å². The third kappa shape index (κ3) is 2.45. The molecule has 2 heterocycles. The summed E-state index contributed by atoms with van der Waals surface area (Å²) in [5.74, 6) is -1.67. The van der Waals surface area contributed by atoms with E-state index in [0.29, 0.717) is 19.4 Å². The van der Waals surface area contributed by atoms with E-state index in [2.05, 4.69) is 0 Å². The van der Waals surface area contributed by atoms with Crippen LogP contribution in [0.25, 0.3) is 0 Å². The molecule has 1 saturated carbocycles. The lowest BCUT2D eigenvalue weighted by atomic mass is 9.66. The second-order valence-corrected chi connectivity index (χ2v) is 7.80. The first-order chi connectivity index (χ1) is 11.2. The Morgan fingerprint density at radius 3 is 2.21 bits per heavy atom. The molecule has 0 bridgehead atoms. The summed E-state index contributed by atoms with van der Waals surface area (Å²) >= 11 is 0. The zero-order chi connectivity index (χ0) is 17.7. The van der Waals surface area contributed by atoms with Crippen LogP contribution in [0.1, 0.15) is 33.6 Å². The molecule has 6 atom stereocenters. The Hall–Kier alpha value is -1.18. The van der Waals surface area contributed by atoms with Gasteiger partial charge in [-0.1, -0.05) is 13.8 Å². The molecule has 24 heavy (non-hydrogen) atoms. The van der Waals surface area contributed by atoms with Crippen LogP contribution in [0.5, 0.6) is 0 Å². The molecule has 0 radical (unpaired) electrons. The van der Waals surface area contributed by atoms with Crippen molar-refractivity contribution in [2.75, 3.05) is 20.3 Å². The molecule has 0 spiro atoms. The standard InChI is InChI=1S/C17H26O7/c1-16(2)9(5-6-17(16,3)15(19)20)14(18)24-11-8-23-12-10(21-4)7-22-13(11)12/h9-13H,5-8H2,1-4H3,(H,19,20)/t9-,10+,11-,12-,13-,17+/m1/s1. The fourth-order valence-electron chi connectivity index (χ4n) is 4.26. The average Bonchev–Trinajstić information content (AvgIpc) is 3.14. The predicted molar refractivity (Wildman–Crippen MR) is 82.4 cm³/mol. The normalized spacial score (nSPS) is 43.6. The number of aliphatic carboxylic acids is 1. The van der Waals surface area contributed by atoms with Gasteiger partial charge in [-0.25, -0.2) is 0 Å². The molecule has 1 N–H and O–H groups in total. The van der Waals surface area contributed by atoms with Crippen molar-refractivity contribution in [3.63, 3.8) is 0 Å². The summed E-state index contributed by atoms with van der Waals surface area (Å²) in [6.45, 7) is 6.08. The van der Waals surface area contributed by atoms with Crippen LogP contribution in [-0.4, -0.2) is 61.8 Å². The molecule has 2 aliphatic heterocycles.